The summed E-state index contributed by atoms with van der Waals surface area (Å²) in [6.45, 7) is 4.13. The van der Waals surface area contributed by atoms with Gasteiger partial charge in [0.25, 0.3) is 0 Å². The number of thioether (sulfide) groups is 1. The molecule has 104 valence electrons. The summed E-state index contributed by atoms with van der Waals surface area (Å²) in [4.78, 5) is 3.37. The Morgan fingerprint density at radius 2 is 2.26 bits per heavy atom. The van der Waals surface area contributed by atoms with Crippen molar-refractivity contribution >= 4 is 23.3 Å². The first-order valence-corrected chi connectivity index (χ1v) is 7.83. The third kappa shape index (κ3) is 3.15. The molecular formula is C14H21N3OS. The molecule has 2 rings (SSSR count). The van der Waals surface area contributed by atoms with E-state index in [1.807, 2.05) is 18.4 Å². The molecule has 4 nitrogen and oxygen atoms in total. The number of nitrogens with two attached hydrogens (primary N) is 1. The SMILES string of the molecule is CCN(CC1CC1)c1cccc(SC)c1/C(N)=N/O. The highest BCUT2D eigenvalue weighted by Gasteiger charge is 2.25. The number of benzene rings is 1. The van der Waals surface area contributed by atoms with Crippen LogP contribution in [0.5, 0.6) is 0 Å². The van der Waals surface area contributed by atoms with Crippen LogP contribution in [0.25, 0.3) is 0 Å². The number of rotatable bonds is 6. The van der Waals surface area contributed by atoms with Crippen molar-refractivity contribution in [3.63, 3.8) is 0 Å². The zero-order valence-electron chi connectivity index (χ0n) is 11.5. The first-order chi connectivity index (χ1) is 9.21. The summed E-state index contributed by atoms with van der Waals surface area (Å²) >= 11 is 1.62. The Kier molecular flexibility index (Phi) is 4.58. The molecule has 1 aromatic rings. The molecule has 0 aromatic heterocycles. The van der Waals surface area contributed by atoms with Crippen molar-refractivity contribution in [2.24, 2.45) is 16.8 Å². The molecule has 1 fully saturated rings. The topological polar surface area (TPSA) is 61.8 Å². The van der Waals surface area contributed by atoms with E-state index in [9.17, 15) is 0 Å². The summed E-state index contributed by atoms with van der Waals surface area (Å²) in [7, 11) is 0. The van der Waals surface area contributed by atoms with Gasteiger partial charge in [-0.25, -0.2) is 0 Å². The minimum Gasteiger partial charge on any atom is -0.409 e. The average Bonchev–Trinajstić information content (AvgIpc) is 3.27. The predicted molar refractivity (Wildman–Crippen MR) is 81.3 cm³/mol. The van der Waals surface area contributed by atoms with Gasteiger partial charge >= 0.3 is 0 Å². The van der Waals surface area contributed by atoms with E-state index >= 15 is 0 Å². The third-order valence-electron chi connectivity index (χ3n) is 3.49. The van der Waals surface area contributed by atoms with Gasteiger partial charge in [-0.15, -0.1) is 11.8 Å². The predicted octanol–water partition coefficient (Wildman–Crippen LogP) is 2.74. The summed E-state index contributed by atoms with van der Waals surface area (Å²) in [6, 6.07) is 6.09. The van der Waals surface area contributed by atoms with Gasteiger partial charge in [-0.1, -0.05) is 11.2 Å². The van der Waals surface area contributed by atoms with Crippen LogP contribution in [-0.4, -0.2) is 30.4 Å². The van der Waals surface area contributed by atoms with Gasteiger partial charge in [0.1, 0.15) is 0 Å². The Bertz CT molecular complexity index is 472. The Morgan fingerprint density at radius 1 is 1.53 bits per heavy atom. The lowest BCUT2D eigenvalue weighted by Crippen LogP contribution is -2.29. The van der Waals surface area contributed by atoms with Crippen molar-refractivity contribution in [3.8, 4) is 0 Å². The first kappa shape index (κ1) is 14.1. The molecule has 3 N–H and O–H groups in total. The lowest BCUT2D eigenvalue weighted by atomic mass is 10.1. The molecule has 1 aliphatic carbocycles. The van der Waals surface area contributed by atoms with E-state index in [4.69, 9.17) is 10.9 Å². The maximum atomic E-state index is 9.02. The Hall–Kier alpha value is -1.36. The van der Waals surface area contributed by atoms with E-state index in [0.717, 1.165) is 35.2 Å². The van der Waals surface area contributed by atoms with E-state index in [2.05, 4.69) is 23.0 Å². The molecule has 1 aromatic carbocycles. The van der Waals surface area contributed by atoms with Crippen LogP contribution in [0.2, 0.25) is 0 Å². The Labute approximate surface area is 118 Å². The fourth-order valence-corrected chi connectivity index (χ4v) is 2.90. The number of anilines is 1. The Balaban J connectivity index is 2.41. The standard InChI is InChI=1S/C14H21N3OS/c1-3-17(9-10-7-8-10)11-5-4-6-12(19-2)13(11)14(15)16-18/h4-6,10,18H,3,7-9H2,1-2H3,(H2,15,16). The van der Waals surface area contributed by atoms with Crippen molar-refractivity contribution in [1.29, 1.82) is 0 Å². The van der Waals surface area contributed by atoms with E-state index in [-0.39, 0.29) is 5.84 Å². The molecule has 1 saturated carbocycles. The smallest absolute Gasteiger partial charge is 0.173 e. The van der Waals surface area contributed by atoms with E-state index in [1.165, 1.54) is 12.8 Å². The molecule has 0 saturated heterocycles. The van der Waals surface area contributed by atoms with E-state index < -0.39 is 0 Å². The zero-order valence-corrected chi connectivity index (χ0v) is 12.3. The van der Waals surface area contributed by atoms with E-state index in [1.54, 1.807) is 11.8 Å². The van der Waals surface area contributed by atoms with Crippen LogP contribution in [0.4, 0.5) is 5.69 Å². The van der Waals surface area contributed by atoms with Crippen LogP contribution in [0.1, 0.15) is 25.3 Å². The molecule has 0 bridgehead atoms. The monoisotopic (exact) mass is 279 g/mol. The van der Waals surface area contributed by atoms with Crippen molar-refractivity contribution in [1.82, 2.24) is 0 Å². The number of hydrogen-bond donors (Lipinski definition) is 2. The summed E-state index contributed by atoms with van der Waals surface area (Å²) in [6.07, 6.45) is 4.64. The number of amidine groups is 1. The van der Waals surface area contributed by atoms with Crippen molar-refractivity contribution in [2.75, 3.05) is 24.2 Å². The largest absolute Gasteiger partial charge is 0.409 e. The molecule has 0 radical (unpaired) electrons. The second-order valence-corrected chi connectivity index (χ2v) is 5.67. The molecule has 5 heteroatoms. The van der Waals surface area contributed by atoms with Crippen LogP contribution in [0.15, 0.2) is 28.3 Å². The van der Waals surface area contributed by atoms with Gasteiger partial charge in [-0.05, 0) is 44.1 Å². The molecule has 0 spiro atoms. The summed E-state index contributed by atoms with van der Waals surface area (Å²) in [5.74, 6) is 0.993. The summed E-state index contributed by atoms with van der Waals surface area (Å²) in [5.41, 5.74) is 7.78. The minimum absolute atomic E-state index is 0.189. The van der Waals surface area contributed by atoms with Crippen LogP contribution < -0.4 is 10.6 Å². The second-order valence-electron chi connectivity index (χ2n) is 4.82. The number of nitrogens with zero attached hydrogens (tertiary/aromatic N) is 2. The van der Waals surface area contributed by atoms with Gasteiger partial charge in [0.15, 0.2) is 5.84 Å². The zero-order chi connectivity index (χ0) is 13.8. The maximum Gasteiger partial charge on any atom is 0.173 e. The maximum absolute atomic E-state index is 9.02. The average molecular weight is 279 g/mol. The fraction of sp³-hybridized carbons (Fsp3) is 0.500. The minimum atomic E-state index is 0.189. The molecule has 0 unspecified atom stereocenters. The molecule has 0 amide bonds. The van der Waals surface area contributed by atoms with Gasteiger partial charge < -0.3 is 15.8 Å². The van der Waals surface area contributed by atoms with Crippen LogP contribution in [-0.2, 0) is 0 Å². The summed E-state index contributed by atoms with van der Waals surface area (Å²) < 4.78 is 0. The molecule has 19 heavy (non-hydrogen) atoms. The van der Waals surface area contributed by atoms with Crippen molar-refractivity contribution < 1.29 is 5.21 Å². The lowest BCUT2D eigenvalue weighted by Gasteiger charge is -2.26. The molecule has 0 heterocycles. The quantitative estimate of drug-likeness (QED) is 0.276. The van der Waals surface area contributed by atoms with E-state index in [0.29, 0.717) is 0 Å². The van der Waals surface area contributed by atoms with Crippen molar-refractivity contribution in [3.05, 3.63) is 23.8 Å². The van der Waals surface area contributed by atoms with Gasteiger partial charge in [0.05, 0.1) is 5.56 Å². The Morgan fingerprint density at radius 3 is 2.79 bits per heavy atom. The first-order valence-electron chi connectivity index (χ1n) is 6.61. The fourth-order valence-electron chi connectivity index (χ4n) is 2.27. The molecule has 0 atom stereocenters. The van der Waals surface area contributed by atoms with Crippen LogP contribution in [0, 0.1) is 5.92 Å². The molecular weight excluding hydrogens is 258 g/mol. The van der Waals surface area contributed by atoms with Gasteiger partial charge in [-0.2, -0.15) is 0 Å². The van der Waals surface area contributed by atoms with Gasteiger partial charge in [-0.3, -0.25) is 0 Å². The number of hydrogen-bond acceptors (Lipinski definition) is 4. The summed E-state index contributed by atoms with van der Waals surface area (Å²) in [5, 5.41) is 12.2. The third-order valence-corrected chi connectivity index (χ3v) is 4.27. The van der Waals surface area contributed by atoms with Gasteiger partial charge in [0, 0.05) is 23.7 Å². The number of oxime groups is 1. The van der Waals surface area contributed by atoms with Crippen LogP contribution in [0.3, 0.4) is 0 Å². The highest BCUT2D eigenvalue weighted by molar-refractivity contribution is 7.98. The van der Waals surface area contributed by atoms with Crippen molar-refractivity contribution in [2.45, 2.75) is 24.7 Å². The van der Waals surface area contributed by atoms with Crippen LogP contribution >= 0.6 is 11.8 Å². The highest BCUT2D eigenvalue weighted by Crippen LogP contribution is 2.34. The highest BCUT2D eigenvalue weighted by atomic mass is 32.2. The lowest BCUT2D eigenvalue weighted by molar-refractivity contribution is 0.318. The van der Waals surface area contributed by atoms with Gasteiger partial charge in [0.2, 0.25) is 0 Å². The second kappa shape index (κ2) is 6.19. The molecule has 1 aliphatic rings. The molecule has 0 aliphatic heterocycles. The normalized spacial score (nSPS) is 15.6.